The number of ether oxygens (including phenoxy) is 1. The van der Waals surface area contributed by atoms with Crippen molar-refractivity contribution in [3.8, 4) is 17.6 Å². The molecular weight excluding hydrogens is 250 g/mol. The Kier molecular flexibility index (Phi) is 7.14. The average Bonchev–Trinajstić information content (AvgIpc) is 2.44. The lowest BCUT2D eigenvalue weighted by Gasteiger charge is -2.26. The fourth-order valence-corrected chi connectivity index (χ4v) is 2.13. The summed E-state index contributed by atoms with van der Waals surface area (Å²) in [7, 11) is 1.64. The Labute approximate surface area is 122 Å². The van der Waals surface area contributed by atoms with Crippen LogP contribution in [0.5, 0.6) is 5.75 Å². The summed E-state index contributed by atoms with van der Waals surface area (Å²) in [5.74, 6) is 6.38. The van der Waals surface area contributed by atoms with Crippen molar-refractivity contribution in [2.45, 2.75) is 39.8 Å². The van der Waals surface area contributed by atoms with Crippen LogP contribution in [-0.4, -0.2) is 36.3 Å². The summed E-state index contributed by atoms with van der Waals surface area (Å²) in [4.78, 5) is 2.44. The fraction of sp³-hybridized carbons (Fsp3) is 0.529. The smallest absolute Gasteiger partial charge is 0.134 e. The Hall–Kier alpha value is -1.50. The molecule has 0 saturated carbocycles. The van der Waals surface area contributed by atoms with Gasteiger partial charge in [0.2, 0.25) is 0 Å². The van der Waals surface area contributed by atoms with Crippen molar-refractivity contribution < 1.29 is 9.84 Å². The first-order valence-corrected chi connectivity index (χ1v) is 7.13. The van der Waals surface area contributed by atoms with E-state index in [1.165, 1.54) is 5.56 Å². The van der Waals surface area contributed by atoms with E-state index in [0.29, 0.717) is 6.04 Å². The van der Waals surface area contributed by atoms with Gasteiger partial charge in [-0.05, 0) is 44.5 Å². The van der Waals surface area contributed by atoms with Crippen LogP contribution in [0, 0.1) is 11.8 Å². The number of nitrogens with zero attached hydrogens (tertiary/aromatic N) is 1. The molecule has 110 valence electrons. The second-order valence-electron chi connectivity index (χ2n) is 5.06. The minimum absolute atomic E-state index is 0.138. The predicted octanol–water partition coefficient (Wildman–Crippen LogP) is 2.66. The van der Waals surface area contributed by atoms with Crippen LogP contribution in [0.15, 0.2) is 18.2 Å². The Morgan fingerprint density at radius 1 is 1.35 bits per heavy atom. The molecule has 0 aliphatic carbocycles. The molecule has 1 N–H and O–H groups in total. The lowest BCUT2D eigenvalue weighted by Crippen LogP contribution is -2.31. The first-order chi connectivity index (χ1) is 9.62. The molecule has 0 unspecified atom stereocenters. The molecule has 0 fully saturated rings. The summed E-state index contributed by atoms with van der Waals surface area (Å²) >= 11 is 0. The van der Waals surface area contributed by atoms with E-state index in [1.54, 1.807) is 7.11 Å². The molecule has 1 rings (SSSR count). The van der Waals surface area contributed by atoms with E-state index in [-0.39, 0.29) is 6.61 Å². The van der Waals surface area contributed by atoms with Gasteiger partial charge < -0.3 is 9.84 Å². The minimum atomic E-state index is -0.138. The summed E-state index contributed by atoms with van der Waals surface area (Å²) < 4.78 is 5.30. The van der Waals surface area contributed by atoms with Gasteiger partial charge in [0.1, 0.15) is 12.4 Å². The van der Waals surface area contributed by atoms with Crippen LogP contribution in [-0.2, 0) is 6.54 Å². The van der Waals surface area contributed by atoms with Crippen LogP contribution in [0.2, 0.25) is 0 Å². The summed E-state index contributed by atoms with van der Waals surface area (Å²) in [6.07, 6.45) is 1.14. The number of methoxy groups -OCH3 is 1. The number of rotatable bonds is 6. The number of hydrogen-bond donors (Lipinski definition) is 1. The van der Waals surface area contributed by atoms with Gasteiger partial charge in [-0.15, -0.1) is 0 Å². The first-order valence-electron chi connectivity index (χ1n) is 7.13. The molecule has 0 aliphatic heterocycles. The third-order valence-corrected chi connectivity index (χ3v) is 3.19. The van der Waals surface area contributed by atoms with E-state index in [2.05, 4.69) is 43.6 Å². The van der Waals surface area contributed by atoms with Gasteiger partial charge in [0.05, 0.1) is 12.7 Å². The minimum Gasteiger partial charge on any atom is -0.495 e. The van der Waals surface area contributed by atoms with Crippen LogP contribution in [0.1, 0.15) is 38.3 Å². The Balaban J connectivity index is 2.95. The van der Waals surface area contributed by atoms with Gasteiger partial charge in [0, 0.05) is 12.6 Å². The Morgan fingerprint density at radius 3 is 2.65 bits per heavy atom. The van der Waals surface area contributed by atoms with Gasteiger partial charge in [0.25, 0.3) is 0 Å². The molecule has 20 heavy (non-hydrogen) atoms. The molecule has 0 amide bonds. The number of benzene rings is 1. The highest BCUT2D eigenvalue weighted by atomic mass is 16.5. The highest BCUT2D eigenvalue weighted by molar-refractivity contribution is 5.48. The van der Waals surface area contributed by atoms with Crippen LogP contribution in [0.25, 0.3) is 0 Å². The maximum atomic E-state index is 8.83. The molecule has 0 atom stereocenters. The number of aliphatic hydroxyl groups excluding tert-OH is 1. The molecule has 1 aromatic rings. The standard InChI is InChI=1S/C17H25NO2/c1-5-10-18(14(2)3)13-15-8-9-17(20-4)16(12-15)7-6-11-19/h8-9,12,14,19H,5,10-11,13H2,1-4H3. The van der Waals surface area contributed by atoms with Crippen LogP contribution < -0.4 is 4.74 Å². The Morgan fingerprint density at radius 2 is 2.10 bits per heavy atom. The van der Waals surface area contributed by atoms with Gasteiger partial charge in [-0.2, -0.15) is 0 Å². The van der Waals surface area contributed by atoms with Gasteiger partial charge in [-0.3, -0.25) is 4.90 Å². The average molecular weight is 275 g/mol. The molecule has 0 aromatic heterocycles. The van der Waals surface area contributed by atoms with Crippen molar-refractivity contribution in [2.24, 2.45) is 0 Å². The maximum Gasteiger partial charge on any atom is 0.134 e. The molecule has 0 spiro atoms. The van der Waals surface area contributed by atoms with Crippen molar-refractivity contribution in [3.05, 3.63) is 29.3 Å². The van der Waals surface area contributed by atoms with Gasteiger partial charge in [0.15, 0.2) is 0 Å². The molecule has 0 bridgehead atoms. The number of hydrogen-bond acceptors (Lipinski definition) is 3. The summed E-state index contributed by atoms with van der Waals surface area (Å²) in [5.41, 5.74) is 2.05. The van der Waals surface area contributed by atoms with Gasteiger partial charge >= 0.3 is 0 Å². The first kappa shape index (κ1) is 16.6. The molecule has 0 heterocycles. The normalized spacial score (nSPS) is 10.6. The van der Waals surface area contributed by atoms with Crippen molar-refractivity contribution in [3.63, 3.8) is 0 Å². The summed E-state index contributed by atoms with van der Waals surface area (Å²) in [6.45, 7) is 8.48. The third-order valence-electron chi connectivity index (χ3n) is 3.19. The predicted molar refractivity (Wildman–Crippen MR) is 82.8 cm³/mol. The summed E-state index contributed by atoms with van der Waals surface area (Å²) in [5, 5.41) is 8.83. The van der Waals surface area contributed by atoms with E-state index >= 15 is 0 Å². The topological polar surface area (TPSA) is 32.7 Å². The molecule has 1 aromatic carbocycles. The second kappa shape index (κ2) is 8.63. The Bertz CT molecular complexity index is 472. The lowest BCUT2D eigenvalue weighted by atomic mass is 10.1. The highest BCUT2D eigenvalue weighted by Crippen LogP contribution is 2.20. The van der Waals surface area contributed by atoms with Crippen molar-refractivity contribution >= 4 is 0 Å². The zero-order valence-corrected chi connectivity index (χ0v) is 12.9. The van der Waals surface area contributed by atoms with Crippen molar-refractivity contribution in [2.75, 3.05) is 20.3 Å². The van der Waals surface area contributed by atoms with Crippen LogP contribution in [0.3, 0.4) is 0 Å². The SMILES string of the molecule is CCCN(Cc1ccc(OC)c(C#CCO)c1)C(C)C. The van der Waals surface area contributed by atoms with Gasteiger partial charge in [-0.25, -0.2) is 0 Å². The monoisotopic (exact) mass is 275 g/mol. The number of aliphatic hydroxyl groups is 1. The summed E-state index contributed by atoms with van der Waals surface area (Å²) in [6, 6.07) is 6.59. The van der Waals surface area contributed by atoms with Crippen LogP contribution >= 0.6 is 0 Å². The zero-order valence-electron chi connectivity index (χ0n) is 12.9. The van der Waals surface area contributed by atoms with E-state index in [0.717, 1.165) is 30.8 Å². The van der Waals surface area contributed by atoms with E-state index in [4.69, 9.17) is 9.84 Å². The maximum absolute atomic E-state index is 8.83. The van der Waals surface area contributed by atoms with Crippen molar-refractivity contribution in [1.29, 1.82) is 0 Å². The molecule has 0 aliphatic rings. The van der Waals surface area contributed by atoms with Crippen molar-refractivity contribution in [1.82, 2.24) is 4.90 Å². The van der Waals surface area contributed by atoms with E-state index in [9.17, 15) is 0 Å². The zero-order chi connectivity index (χ0) is 15.0. The third kappa shape index (κ3) is 4.88. The van der Waals surface area contributed by atoms with E-state index in [1.807, 2.05) is 12.1 Å². The second-order valence-corrected chi connectivity index (χ2v) is 5.06. The molecule has 0 saturated heterocycles. The molecule has 3 nitrogen and oxygen atoms in total. The quantitative estimate of drug-likeness (QED) is 0.810. The molecule has 0 radical (unpaired) electrons. The highest BCUT2D eigenvalue weighted by Gasteiger charge is 2.10. The van der Waals surface area contributed by atoms with Crippen LogP contribution in [0.4, 0.5) is 0 Å². The fourth-order valence-electron chi connectivity index (χ4n) is 2.13. The molecular formula is C17H25NO2. The largest absolute Gasteiger partial charge is 0.495 e. The lowest BCUT2D eigenvalue weighted by molar-refractivity contribution is 0.213. The molecule has 3 heteroatoms. The van der Waals surface area contributed by atoms with E-state index < -0.39 is 0 Å². The van der Waals surface area contributed by atoms with Gasteiger partial charge in [-0.1, -0.05) is 24.8 Å².